The van der Waals surface area contributed by atoms with Gasteiger partial charge in [0.25, 0.3) is 0 Å². The summed E-state index contributed by atoms with van der Waals surface area (Å²) in [5.74, 6) is -0.386. The molecule has 0 bridgehead atoms. The number of nitrogens with zero attached hydrogens (tertiary/aromatic N) is 3. The minimum absolute atomic E-state index is 0.0282. The van der Waals surface area contributed by atoms with Crippen molar-refractivity contribution in [3.05, 3.63) is 96.6 Å². The number of alkyl halides is 2. The molecule has 0 unspecified atom stereocenters. The molecule has 8 heteroatoms. The number of hydrogen-bond donors (Lipinski definition) is 1. The summed E-state index contributed by atoms with van der Waals surface area (Å²) in [4.78, 5) is 12.3. The van der Waals surface area contributed by atoms with Crippen LogP contribution in [0.2, 0.25) is 0 Å². The number of thioether (sulfide) groups is 1. The summed E-state index contributed by atoms with van der Waals surface area (Å²) in [6.45, 7) is 0. The standard InChI is InChI=1S/C23H18F2N4OS/c24-23(25,18-12-6-2-7-13-18)29-21(17-10-4-1-5-11-17)27-28-22(29)31-16-20(30)26-19-14-8-3-9-15-19/h1-15H,16H2,(H,26,30). The van der Waals surface area contributed by atoms with E-state index in [1.807, 2.05) is 6.07 Å². The van der Waals surface area contributed by atoms with Crippen LogP contribution in [0, 0.1) is 0 Å². The first-order valence-electron chi connectivity index (χ1n) is 9.48. The van der Waals surface area contributed by atoms with E-state index in [-0.39, 0.29) is 28.2 Å². The predicted molar refractivity (Wildman–Crippen MR) is 117 cm³/mol. The Hall–Kier alpha value is -3.52. The number of para-hydroxylation sites is 1. The summed E-state index contributed by atoms with van der Waals surface area (Å²) < 4.78 is 31.9. The number of aromatic nitrogens is 3. The Morgan fingerprint density at radius 1 is 0.871 bits per heavy atom. The Bertz CT molecular complexity index is 1150. The highest BCUT2D eigenvalue weighted by Gasteiger charge is 2.39. The molecule has 1 heterocycles. The molecule has 0 atom stereocenters. The molecule has 4 rings (SSSR count). The highest BCUT2D eigenvalue weighted by molar-refractivity contribution is 7.99. The topological polar surface area (TPSA) is 59.8 Å². The van der Waals surface area contributed by atoms with E-state index >= 15 is 8.78 Å². The third kappa shape index (κ3) is 4.64. The van der Waals surface area contributed by atoms with E-state index in [1.165, 1.54) is 12.1 Å². The molecular weight excluding hydrogens is 418 g/mol. The molecule has 0 saturated heterocycles. The number of benzene rings is 3. The van der Waals surface area contributed by atoms with E-state index in [9.17, 15) is 4.79 Å². The molecule has 1 N–H and O–H groups in total. The Morgan fingerprint density at radius 3 is 2.10 bits per heavy atom. The number of carbonyl (C=O) groups excluding carboxylic acids is 1. The second kappa shape index (κ2) is 9.09. The van der Waals surface area contributed by atoms with Gasteiger partial charge in [-0.3, -0.25) is 4.79 Å². The van der Waals surface area contributed by atoms with Crippen molar-refractivity contribution in [2.24, 2.45) is 0 Å². The maximum Gasteiger partial charge on any atom is 0.359 e. The van der Waals surface area contributed by atoms with Crippen LogP contribution in [0.4, 0.5) is 14.5 Å². The fraction of sp³-hybridized carbons (Fsp3) is 0.0870. The molecule has 31 heavy (non-hydrogen) atoms. The van der Waals surface area contributed by atoms with E-state index in [1.54, 1.807) is 72.8 Å². The first-order chi connectivity index (χ1) is 15.1. The summed E-state index contributed by atoms with van der Waals surface area (Å²) >= 11 is 0.909. The molecular formula is C23H18F2N4OS. The number of halogens is 2. The third-order valence-corrected chi connectivity index (χ3v) is 5.39. The second-order valence-corrected chi connectivity index (χ2v) is 7.56. The highest BCUT2D eigenvalue weighted by atomic mass is 32.2. The van der Waals surface area contributed by atoms with Crippen LogP contribution in [-0.2, 0) is 10.8 Å². The van der Waals surface area contributed by atoms with Gasteiger partial charge in [-0.15, -0.1) is 10.2 Å². The van der Waals surface area contributed by atoms with Crippen LogP contribution in [0.15, 0.2) is 96.2 Å². The van der Waals surface area contributed by atoms with Gasteiger partial charge in [0, 0.05) is 16.8 Å². The van der Waals surface area contributed by atoms with Crippen molar-refractivity contribution in [1.82, 2.24) is 14.8 Å². The van der Waals surface area contributed by atoms with Gasteiger partial charge in [0.05, 0.1) is 5.75 Å². The molecule has 0 aliphatic carbocycles. The van der Waals surface area contributed by atoms with Gasteiger partial charge in [-0.05, 0) is 12.1 Å². The van der Waals surface area contributed by atoms with Crippen molar-refractivity contribution < 1.29 is 13.6 Å². The second-order valence-electron chi connectivity index (χ2n) is 6.62. The van der Waals surface area contributed by atoms with Gasteiger partial charge in [-0.25, -0.2) is 4.57 Å². The Labute approximate surface area is 182 Å². The Balaban J connectivity index is 1.65. The summed E-state index contributed by atoms with van der Waals surface area (Å²) in [5.41, 5.74) is 0.947. The molecule has 156 valence electrons. The van der Waals surface area contributed by atoms with Crippen molar-refractivity contribution >= 4 is 23.4 Å². The summed E-state index contributed by atoms with van der Waals surface area (Å²) in [6, 6.07) is 21.7. The monoisotopic (exact) mass is 436 g/mol. The highest BCUT2D eigenvalue weighted by Crippen LogP contribution is 2.37. The molecule has 5 nitrogen and oxygen atoms in total. The van der Waals surface area contributed by atoms with Crippen LogP contribution in [0.1, 0.15) is 5.56 Å². The maximum absolute atomic E-state index is 15.6. The summed E-state index contributed by atoms with van der Waals surface area (Å²) in [7, 11) is 0. The van der Waals surface area contributed by atoms with Gasteiger partial charge in [-0.2, -0.15) is 8.78 Å². The number of anilines is 1. The molecule has 4 aromatic rings. The number of nitrogens with one attached hydrogen (secondary N) is 1. The summed E-state index contributed by atoms with van der Waals surface area (Å²) in [5, 5.41) is 10.7. The number of carbonyl (C=O) groups is 1. The summed E-state index contributed by atoms with van der Waals surface area (Å²) in [6.07, 6.45) is 0. The average Bonchev–Trinajstić information content (AvgIpc) is 3.24. The van der Waals surface area contributed by atoms with Crippen LogP contribution >= 0.6 is 11.8 Å². The molecule has 3 aromatic carbocycles. The SMILES string of the molecule is O=C(CSc1nnc(-c2ccccc2)n1C(F)(F)c1ccccc1)Nc1ccccc1. The molecule has 0 aliphatic heterocycles. The van der Waals surface area contributed by atoms with Crippen LogP contribution in [0.3, 0.4) is 0 Å². The predicted octanol–water partition coefficient (Wildman–Crippen LogP) is 5.27. The van der Waals surface area contributed by atoms with Crippen molar-refractivity contribution in [2.75, 3.05) is 11.1 Å². The van der Waals surface area contributed by atoms with E-state index in [0.29, 0.717) is 11.3 Å². The molecule has 0 saturated carbocycles. The molecule has 0 fully saturated rings. The molecule has 0 spiro atoms. The van der Waals surface area contributed by atoms with E-state index in [2.05, 4.69) is 15.5 Å². The van der Waals surface area contributed by atoms with Gasteiger partial charge in [0.1, 0.15) is 0 Å². The van der Waals surface area contributed by atoms with E-state index in [0.717, 1.165) is 16.3 Å². The molecule has 1 aromatic heterocycles. The minimum Gasteiger partial charge on any atom is -0.325 e. The Morgan fingerprint density at radius 2 is 1.45 bits per heavy atom. The van der Waals surface area contributed by atoms with E-state index in [4.69, 9.17) is 0 Å². The minimum atomic E-state index is -3.41. The van der Waals surface area contributed by atoms with Crippen molar-refractivity contribution in [2.45, 2.75) is 11.2 Å². The lowest BCUT2D eigenvalue weighted by atomic mass is 10.1. The van der Waals surface area contributed by atoms with Gasteiger partial charge in [0.15, 0.2) is 11.0 Å². The number of hydrogen-bond acceptors (Lipinski definition) is 4. The molecule has 0 radical (unpaired) electrons. The van der Waals surface area contributed by atoms with Crippen LogP contribution in [-0.4, -0.2) is 26.4 Å². The fourth-order valence-electron chi connectivity index (χ4n) is 3.01. The average molecular weight is 436 g/mol. The van der Waals surface area contributed by atoms with Gasteiger partial charge in [-0.1, -0.05) is 90.6 Å². The number of amides is 1. The lowest BCUT2D eigenvalue weighted by Gasteiger charge is -2.21. The molecule has 0 aliphatic rings. The first kappa shape index (κ1) is 20.7. The number of rotatable bonds is 7. The zero-order chi connectivity index (χ0) is 21.7. The van der Waals surface area contributed by atoms with Crippen LogP contribution in [0.25, 0.3) is 11.4 Å². The normalized spacial score (nSPS) is 11.3. The zero-order valence-corrected chi connectivity index (χ0v) is 17.1. The first-order valence-corrected chi connectivity index (χ1v) is 10.5. The largest absolute Gasteiger partial charge is 0.359 e. The quantitative estimate of drug-likeness (QED) is 0.401. The van der Waals surface area contributed by atoms with Crippen molar-refractivity contribution in [3.63, 3.8) is 0 Å². The third-order valence-electron chi connectivity index (χ3n) is 4.46. The maximum atomic E-state index is 15.6. The molecule has 1 amide bonds. The lowest BCUT2D eigenvalue weighted by molar-refractivity contribution is -0.113. The van der Waals surface area contributed by atoms with Gasteiger partial charge in [0.2, 0.25) is 5.91 Å². The fourth-order valence-corrected chi connectivity index (χ4v) is 3.77. The van der Waals surface area contributed by atoms with Gasteiger partial charge >= 0.3 is 6.05 Å². The zero-order valence-electron chi connectivity index (χ0n) is 16.3. The van der Waals surface area contributed by atoms with Crippen LogP contribution in [0.5, 0.6) is 0 Å². The van der Waals surface area contributed by atoms with Crippen molar-refractivity contribution in [1.29, 1.82) is 0 Å². The Kier molecular flexibility index (Phi) is 6.08. The van der Waals surface area contributed by atoms with E-state index < -0.39 is 6.05 Å². The van der Waals surface area contributed by atoms with Gasteiger partial charge < -0.3 is 5.32 Å². The van der Waals surface area contributed by atoms with Crippen molar-refractivity contribution in [3.8, 4) is 11.4 Å². The lowest BCUT2D eigenvalue weighted by Crippen LogP contribution is -2.26. The van der Waals surface area contributed by atoms with Crippen LogP contribution < -0.4 is 5.32 Å². The smallest absolute Gasteiger partial charge is 0.325 e.